The number of aliphatic imine (C=N–C) groups is 1. The van der Waals surface area contributed by atoms with E-state index in [-0.39, 0.29) is 11.6 Å². The Kier molecular flexibility index (Phi) is 8.48. The molecule has 2 N–H and O–H groups in total. The molecule has 1 aliphatic heterocycles. The zero-order valence-electron chi connectivity index (χ0n) is 15.2. The summed E-state index contributed by atoms with van der Waals surface area (Å²) in [4.78, 5) is 6.93. The first-order chi connectivity index (χ1) is 12.2. The molecule has 1 saturated heterocycles. The molecule has 0 saturated carbocycles. The fourth-order valence-corrected chi connectivity index (χ4v) is 2.65. The Morgan fingerprint density at radius 1 is 1.32 bits per heavy atom. The molecule has 0 spiro atoms. The molecule has 140 valence electrons. The fourth-order valence-electron chi connectivity index (χ4n) is 2.65. The zero-order chi connectivity index (χ0) is 17.9. The lowest BCUT2D eigenvalue weighted by Crippen LogP contribution is -2.40. The van der Waals surface area contributed by atoms with Gasteiger partial charge in [-0.15, -0.1) is 0 Å². The number of morpholine rings is 1. The van der Waals surface area contributed by atoms with Crippen molar-refractivity contribution in [2.45, 2.75) is 19.9 Å². The second-order valence-corrected chi connectivity index (χ2v) is 5.90. The Labute approximate surface area is 149 Å². The predicted octanol–water partition coefficient (Wildman–Crippen LogP) is 1.61. The van der Waals surface area contributed by atoms with Gasteiger partial charge in [0.15, 0.2) is 17.5 Å². The van der Waals surface area contributed by atoms with Gasteiger partial charge in [0.1, 0.15) is 0 Å². The molecular weight excluding hydrogens is 323 g/mol. The molecule has 0 amide bonds. The van der Waals surface area contributed by atoms with Gasteiger partial charge in [0.05, 0.1) is 26.9 Å². The van der Waals surface area contributed by atoms with Crippen LogP contribution >= 0.6 is 0 Å². The van der Waals surface area contributed by atoms with Gasteiger partial charge in [0.25, 0.3) is 0 Å². The summed E-state index contributed by atoms with van der Waals surface area (Å²) in [6.07, 6.45) is 1.04. The summed E-state index contributed by atoms with van der Waals surface area (Å²) in [7, 11) is 1.46. The first kappa shape index (κ1) is 19.5. The maximum Gasteiger partial charge on any atom is 0.191 e. The van der Waals surface area contributed by atoms with Crippen LogP contribution in [0.15, 0.2) is 23.2 Å². The third-order valence-electron chi connectivity index (χ3n) is 4.03. The maximum atomic E-state index is 13.7. The molecule has 1 aromatic carbocycles. The number of methoxy groups -OCH3 is 1. The summed E-state index contributed by atoms with van der Waals surface area (Å²) in [5.41, 5.74) is 0.809. The van der Waals surface area contributed by atoms with E-state index in [4.69, 9.17) is 9.47 Å². The monoisotopic (exact) mass is 352 g/mol. The van der Waals surface area contributed by atoms with Crippen LogP contribution in [0.4, 0.5) is 4.39 Å². The van der Waals surface area contributed by atoms with Gasteiger partial charge in [0.2, 0.25) is 0 Å². The van der Waals surface area contributed by atoms with Crippen molar-refractivity contribution >= 4 is 5.96 Å². The van der Waals surface area contributed by atoms with Gasteiger partial charge in [0, 0.05) is 26.2 Å². The lowest BCUT2D eigenvalue weighted by atomic mass is 10.2. The van der Waals surface area contributed by atoms with Gasteiger partial charge in [-0.05, 0) is 37.6 Å². The van der Waals surface area contributed by atoms with Gasteiger partial charge in [-0.1, -0.05) is 6.07 Å². The molecule has 0 atom stereocenters. The van der Waals surface area contributed by atoms with E-state index in [9.17, 15) is 4.39 Å². The molecule has 0 bridgehead atoms. The van der Waals surface area contributed by atoms with Crippen LogP contribution in [0.3, 0.4) is 0 Å². The van der Waals surface area contributed by atoms with E-state index in [2.05, 4.69) is 20.5 Å². The molecule has 0 radical (unpaired) electrons. The SMILES string of the molecule is CCNC(=NCc1ccc(OC)c(F)c1)NCCCN1CCOCC1. The fraction of sp³-hybridized carbons (Fsp3) is 0.611. The highest BCUT2D eigenvalue weighted by Gasteiger charge is 2.09. The summed E-state index contributed by atoms with van der Waals surface area (Å²) in [5.74, 6) is 0.639. The number of hydrogen-bond acceptors (Lipinski definition) is 4. The normalized spacial score (nSPS) is 15.9. The number of ether oxygens (including phenoxy) is 2. The maximum absolute atomic E-state index is 13.7. The number of nitrogens with zero attached hydrogens (tertiary/aromatic N) is 2. The van der Waals surface area contributed by atoms with Gasteiger partial charge >= 0.3 is 0 Å². The van der Waals surface area contributed by atoms with Crippen LogP contribution in [0.2, 0.25) is 0 Å². The molecule has 1 fully saturated rings. The lowest BCUT2D eigenvalue weighted by Gasteiger charge is -2.26. The number of halogens is 1. The van der Waals surface area contributed by atoms with Crippen molar-refractivity contribution in [1.29, 1.82) is 0 Å². The van der Waals surface area contributed by atoms with Crippen molar-refractivity contribution in [1.82, 2.24) is 15.5 Å². The van der Waals surface area contributed by atoms with E-state index in [1.807, 2.05) is 13.0 Å². The van der Waals surface area contributed by atoms with Crippen LogP contribution in [-0.4, -0.2) is 63.9 Å². The molecule has 0 aromatic heterocycles. The first-order valence-electron chi connectivity index (χ1n) is 8.87. The van der Waals surface area contributed by atoms with Crippen molar-refractivity contribution in [2.24, 2.45) is 4.99 Å². The van der Waals surface area contributed by atoms with Crippen LogP contribution < -0.4 is 15.4 Å². The van der Waals surface area contributed by atoms with Gasteiger partial charge in [-0.25, -0.2) is 9.38 Å². The Morgan fingerprint density at radius 3 is 2.80 bits per heavy atom. The molecule has 25 heavy (non-hydrogen) atoms. The summed E-state index contributed by atoms with van der Waals surface area (Å²) in [6.45, 7) is 8.81. The molecular formula is C18H29FN4O2. The molecule has 1 aromatic rings. The smallest absolute Gasteiger partial charge is 0.191 e. The first-order valence-corrected chi connectivity index (χ1v) is 8.87. The predicted molar refractivity (Wildman–Crippen MR) is 97.6 cm³/mol. The topological polar surface area (TPSA) is 58.1 Å². The summed E-state index contributed by atoms with van der Waals surface area (Å²) in [5, 5.41) is 6.55. The summed E-state index contributed by atoms with van der Waals surface area (Å²) >= 11 is 0. The Morgan fingerprint density at radius 2 is 2.12 bits per heavy atom. The molecule has 6 nitrogen and oxygen atoms in total. The zero-order valence-corrected chi connectivity index (χ0v) is 15.2. The lowest BCUT2D eigenvalue weighted by molar-refractivity contribution is 0.0376. The van der Waals surface area contributed by atoms with E-state index in [0.717, 1.165) is 63.9 Å². The molecule has 1 heterocycles. The van der Waals surface area contributed by atoms with Crippen LogP contribution in [0.5, 0.6) is 5.75 Å². The van der Waals surface area contributed by atoms with Crippen LogP contribution in [0.1, 0.15) is 18.9 Å². The van der Waals surface area contributed by atoms with E-state index in [1.165, 1.54) is 13.2 Å². The Balaban J connectivity index is 1.78. The molecule has 2 rings (SSSR count). The summed E-state index contributed by atoms with van der Waals surface area (Å²) < 4.78 is 24.0. The van der Waals surface area contributed by atoms with Crippen LogP contribution in [0, 0.1) is 5.82 Å². The Bertz CT molecular complexity index is 548. The minimum Gasteiger partial charge on any atom is -0.494 e. The highest BCUT2D eigenvalue weighted by Crippen LogP contribution is 2.18. The average Bonchev–Trinajstić information content (AvgIpc) is 2.64. The molecule has 7 heteroatoms. The van der Waals surface area contributed by atoms with Crippen molar-refractivity contribution in [3.63, 3.8) is 0 Å². The highest BCUT2D eigenvalue weighted by atomic mass is 19.1. The van der Waals surface area contributed by atoms with Crippen molar-refractivity contribution in [2.75, 3.05) is 53.0 Å². The van der Waals surface area contributed by atoms with E-state index >= 15 is 0 Å². The third-order valence-corrected chi connectivity index (χ3v) is 4.03. The summed E-state index contributed by atoms with van der Waals surface area (Å²) in [6, 6.07) is 4.92. The van der Waals surface area contributed by atoms with Gasteiger partial charge in [-0.2, -0.15) is 0 Å². The Hall–Kier alpha value is -1.86. The number of rotatable bonds is 8. The molecule has 0 aliphatic carbocycles. The quantitative estimate of drug-likeness (QED) is 0.423. The van der Waals surface area contributed by atoms with Gasteiger partial charge < -0.3 is 20.1 Å². The number of nitrogens with one attached hydrogen (secondary N) is 2. The van der Waals surface area contributed by atoms with Crippen LogP contribution in [-0.2, 0) is 11.3 Å². The number of hydrogen-bond donors (Lipinski definition) is 2. The largest absolute Gasteiger partial charge is 0.494 e. The minimum atomic E-state index is -0.362. The molecule has 1 aliphatic rings. The van der Waals surface area contributed by atoms with E-state index in [1.54, 1.807) is 6.07 Å². The van der Waals surface area contributed by atoms with Crippen molar-refractivity contribution in [3.05, 3.63) is 29.6 Å². The average molecular weight is 352 g/mol. The molecule has 0 unspecified atom stereocenters. The van der Waals surface area contributed by atoms with Crippen LogP contribution in [0.25, 0.3) is 0 Å². The van der Waals surface area contributed by atoms with E-state index in [0.29, 0.717) is 6.54 Å². The van der Waals surface area contributed by atoms with E-state index < -0.39 is 0 Å². The standard InChI is InChI=1S/C18H29FN4O2/c1-3-20-18(21-7-4-8-23-9-11-25-12-10-23)22-14-15-5-6-17(24-2)16(19)13-15/h5-6,13H,3-4,7-12,14H2,1-2H3,(H2,20,21,22). The van der Waals surface area contributed by atoms with Crippen molar-refractivity contribution in [3.8, 4) is 5.75 Å². The second-order valence-electron chi connectivity index (χ2n) is 5.90. The van der Waals surface area contributed by atoms with Crippen molar-refractivity contribution < 1.29 is 13.9 Å². The minimum absolute atomic E-state index is 0.251. The highest BCUT2D eigenvalue weighted by molar-refractivity contribution is 5.79. The van der Waals surface area contributed by atoms with Gasteiger partial charge in [-0.3, -0.25) is 4.90 Å². The third kappa shape index (κ3) is 6.88. The number of benzene rings is 1. The second kappa shape index (κ2) is 10.9. The number of guanidine groups is 1.